The Bertz CT molecular complexity index is 299. The summed E-state index contributed by atoms with van der Waals surface area (Å²) in [5, 5.41) is 43.5. The van der Waals surface area contributed by atoms with Crippen LogP contribution in [0.5, 0.6) is 0 Å². The number of aliphatic hydroxyl groups excluding tert-OH is 5. The number of aliphatic hydroxyl groups is 5. The summed E-state index contributed by atoms with van der Waals surface area (Å²) < 4.78 is 0. The first-order valence-corrected chi connectivity index (χ1v) is 11.2. The highest BCUT2D eigenvalue weighted by Gasteiger charge is 2.29. The van der Waals surface area contributed by atoms with Crippen molar-refractivity contribution in [3.05, 3.63) is 0 Å². The minimum Gasteiger partial charge on any atom is -0.394 e. The Labute approximate surface area is 172 Å². The molecule has 0 heterocycles. The molecule has 4 atom stereocenters. The molecule has 0 radical (unpaired) electrons. The molecule has 0 fully saturated rings. The van der Waals surface area contributed by atoms with Crippen LogP contribution in [0.3, 0.4) is 0 Å². The van der Waals surface area contributed by atoms with E-state index < -0.39 is 31.0 Å². The second kappa shape index (κ2) is 22.8. The van der Waals surface area contributed by atoms with Gasteiger partial charge in [0.05, 0.1) is 6.61 Å². The summed E-state index contributed by atoms with van der Waals surface area (Å²) in [4.78, 5) is 9.90. The van der Waals surface area contributed by atoms with Gasteiger partial charge in [0.25, 0.3) is 0 Å². The zero-order valence-electron chi connectivity index (χ0n) is 18.1. The van der Waals surface area contributed by atoms with Crippen LogP contribution in [0, 0.1) is 0 Å². The Morgan fingerprint density at radius 3 is 1.18 bits per heavy atom. The van der Waals surface area contributed by atoms with Gasteiger partial charge >= 0.3 is 0 Å². The third-order valence-electron chi connectivity index (χ3n) is 4.88. The van der Waals surface area contributed by atoms with Gasteiger partial charge in [-0.2, -0.15) is 0 Å². The molecule has 0 aliphatic carbocycles. The lowest BCUT2D eigenvalue weighted by Crippen LogP contribution is -2.46. The van der Waals surface area contributed by atoms with Gasteiger partial charge in [-0.25, -0.2) is 0 Å². The maximum Gasteiger partial charge on any atom is 0.151 e. The molecule has 0 aliphatic heterocycles. The second-order valence-electron chi connectivity index (χ2n) is 7.60. The zero-order valence-corrected chi connectivity index (χ0v) is 18.1. The molecule has 0 aromatic rings. The first kappa shape index (κ1) is 29.7. The van der Waals surface area contributed by atoms with Crippen molar-refractivity contribution in [2.75, 3.05) is 6.61 Å². The summed E-state index contributed by atoms with van der Waals surface area (Å²) in [6.45, 7) is 3.82. The van der Waals surface area contributed by atoms with Crippen LogP contribution in [0.1, 0.15) is 104 Å². The molecule has 0 rings (SSSR count). The third kappa shape index (κ3) is 18.8. The standard InChI is InChI=1S/C16H34.C6H12O6/c1-3-5-7-9-11-13-15-16-14-12-10-8-6-4-2;7-1-3(9)5(11)6(12)4(10)2-8/h3-16H2,1-2H3;1,3-6,8-12H,2H2/t;3-,4+,5+,6+/m.0/s1. The lowest BCUT2D eigenvalue weighted by atomic mass is 10.0. The zero-order chi connectivity index (χ0) is 21.6. The highest BCUT2D eigenvalue weighted by molar-refractivity contribution is 5.56. The SMILES string of the molecule is CCCCCCCCCCCCCCCC.O=C[C@H](O)[C@@H](O)[C@H](O)[C@H](O)CO. The number of hydrogen-bond acceptors (Lipinski definition) is 6. The summed E-state index contributed by atoms with van der Waals surface area (Å²) in [6.07, 6.45) is 13.6. The Hall–Kier alpha value is -0.530. The highest BCUT2D eigenvalue weighted by Crippen LogP contribution is 2.12. The van der Waals surface area contributed by atoms with Gasteiger partial charge in [-0.1, -0.05) is 104 Å². The van der Waals surface area contributed by atoms with E-state index in [2.05, 4.69) is 13.8 Å². The number of unbranched alkanes of at least 4 members (excludes halogenated alkanes) is 13. The van der Waals surface area contributed by atoms with Crippen molar-refractivity contribution in [3.63, 3.8) is 0 Å². The lowest BCUT2D eigenvalue weighted by Gasteiger charge is -2.22. The average molecular weight is 407 g/mol. The minimum absolute atomic E-state index is 0.0258. The number of carbonyl (C=O) groups is 1. The third-order valence-corrected chi connectivity index (χ3v) is 4.88. The first-order valence-electron chi connectivity index (χ1n) is 11.2. The average Bonchev–Trinajstić information content (AvgIpc) is 2.72. The van der Waals surface area contributed by atoms with E-state index in [0.29, 0.717) is 0 Å². The van der Waals surface area contributed by atoms with Gasteiger partial charge in [0, 0.05) is 0 Å². The van der Waals surface area contributed by atoms with Crippen LogP contribution in [0.25, 0.3) is 0 Å². The van der Waals surface area contributed by atoms with Crippen molar-refractivity contribution in [1.82, 2.24) is 0 Å². The molecule has 0 saturated carbocycles. The maximum atomic E-state index is 9.90. The molecule has 28 heavy (non-hydrogen) atoms. The number of carbonyl (C=O) groups excluding carboxylic acids is 1. The molecule has 0 aliphatic rings. The quantitative estimate of drug-likeness (QED) is 0.176. The molecule has 5 N–H and O–H groups in total. The van der Waals surface area contributed by atoms with E-state index in [0.717, 1.165) is 0 Å². The summed E-state index contributed by atoms with van der Waals surface area (Å²) >= 11 is 0. The van der Waals surface area contributed by atoms with Gasteiger partial charge in [-0.3, -0.25) is 0 Å². The van der Waals surface area contributed by atoms with Crippen molar-refractivity contribution in [3.8, 4) is 0 Å². The Kier molecular flexibility index (Phi) is 24.1. The van der Waals surface area contributed by atoms with Crippen molar-refractivity contribution < 1.29 is 30.3 Å². The minimum atomic E-state index is -1.79. The summed E-state index contributed by atoms with van der Waals surface area (Å²) in [5.74, 6) is 0. The highest BCUT2D eigenvalue weighted by atomic mass is 16.4. The number of aldehydes is 1. The summed E-state index contributed by atoms with van der Waals surface area (Å²) in [7, 11) is 0. The monoisotopic (exact) mass is 406 g/mol. The van der Waals surface area contributed by atoms with Crippen molar-refractivity contribution in [2.45, 2.75) is 128 Å². The molecule has 0 amide bonds. The van der Waals surface area contributed by atoms with Crippen LogP contribution in [0.4, 0.5) is 0 Å². The largest absolute Gasteiger partial charge is 0.394 e. The van der Waals surface area contributed by atoms with E-state index in [1.165, 1.54) is 89.9 Å². The molecule has 0 unspecified atom stereocenters. The van der Waals surface area contributed by atoms with Gasteiger partial charge in [0.2, 0.25) is 0 Å². The van der Waals surface area contributed by atoms with Crippen LogP contribution >= 0.6 is 0 Å². The Morgan fingerprint density at radius 1 is 0.607 bits per heavy atom. The predicted octanol–water partition coefficient (Wildman–Crippen LogP) is 3.11. The molecule has 0 aromatic carbocycles. The second-order valence-corrected chi connectivity index (χ2v) is 7.60. The maximum absolute atomic E-state index is 9.90. The van der Waals surface area contributed by atoms with E-state index in [9.17, 15) is 4.79 Å². The van der Waals surface area contributed by atoms with Gasteiger partial charge in [-0.05, 0) is 0 Å². The molecule has 0 saturated heterocycles. The van der Waals surface area contributed by atoms with Gasteiger partial charge in [0.1, 0.15) is 24.4 Å². The fourth-order valence-electron chi connectivity index (χ4n) is 2.89. The van der Waals surface area contributed by atoms with Gasteiger partial charge in [-0.15, -0.1) is 0 Å². The van der Waals surface area contributed by atoms with Crippen LogP contribution in [-0.4, -0.2) is 62.8 Å². The van der Waals surface area contributed by atoms with Gasteiger partial charge in [0.15, 0.2) is 6.29 Å². The van der Waals surface area contributed by atoms with E-state index in [4.69, 9.17) is 25.5 Å². The van der Waals surface area contributed by atoms with Crippen LogP contribution < -0.4 is 0 Å². The molecule has 0 aromatic heterocycles. The molecule has 0 bridgehead atoms. The molecule has 6 heteroatoms. The van der Waals surface area contributed by atoms with Crippen LogP contribution in [0.2, 0.25) is 0 Å². The van der Waals surface area contributed by atoms with Crippen molar-refractivity contribution in [1.29, 1.82) is 0 Å². The Morgan fingerprint density at radius 2 is 0.929 bits per heavy atom. The fourth-order valence-corrected chi connectivity index (χ4v) is 2.89. The van der Waals surface area contributed by atoms with Crippen molar-refractivity contribution >= 4 is 6.29 Å². The Balaban J connectivity index is 0. The number of hydrogen-bond donors (Lipinski definition) is 5. The molecular weight excluding hydrogens is 360 g/mol. The van der Waals surface area contributed by atoms with E-state index in [1.807, 2.05) is 0 Å². The molecule has 6 nitrogen and oxygen atoms in total. The smallest absolute Gasteiger partial charge is 0.151 e. The first-order chi connectivity index (χ1) is 13.5. The summed E-state index contributed by atoms with van der Waals surface area (Å²) in [5.41, 5.74) is 0. The van der Waals surface area contributed by atoms with E-state index in [1.54, 1.807) is 0 Å². The van der Waals surface area contributed by atoms with Crippen molar-refractivity contribution in [2.24, 2.45) is 0 Å². The lowest BCUT2D eigenvalue weighted by molar-refractivity contribution is -0.136. The normalized spacial score (nSPS) is 15.2. The fraction of sp³-hybridized carbons (Fsp3) is 0.955. The molecule has 0 spiro atoms. The predicted molar refractivity (Wildman–Crippen MR) is 113 cm³/mol. The van der Waals surface area contributed by atoms with E-state index >= 15 is 0 Å². The number of rotatable bonds is 18. The molecule has 170 valence electrons. The molecular formula is C22H46O6. The van der Waals surface area contributed by atoms with Crippen LogP contribution in [0.15, 0.2) is 0 Å². The summed E-state index contributed by atoms with van der Waals surface area (Å²) in [6, 6.07) is 0. The van der Waals surface area contributed by atoms with Gasteiger partial charge < -0.3 is 30.3 Å². The van der Waals surface area contributed by atoms with Crippen LogP contribution in [-0.2, 0) is 4.79 Å². The topological polar surface area (TPSA) is 118 Å². The van der Waals surface area contributed by atoms with E-state index in [-0.39, 0.29) is 6.29 Å².